The number of nitrogens with two attached hydrogens (primary N) is 1. The highest BCUT2D eigenvalue weighted by molar-refractivity contribution is 5.41. The molecule has 2 heteroatoms. The minimum absolute atomic E-state index is 0.0929. The lowest BCUT2D eigenvalue weighted by Gasteiger charge is -2.23. The fourth-order valence-corrected chi connectivity index (χ4v) is 1.57. The highest BCUT2D eigenvalue weighted by Crippen LogP contribution is 2.32. The molecular weight excluding hydrogens is 186 g/mol. The van der Waals surface area contributed by atoms with Crippen LogP contribution in [-0.4, -0.2) is 6.61 Å². The fraction of sp³-hybridized carbons (Fsp3) is 0.538. The summed E-state index contributed by atoms with van der Waals surface area (Å²) in [6.07, 6.45) is 0. The average molecular weight is 207 g/mol. The maximum absolute atomic E-state index is 5.65. The zero-order valence-corrected chi connectivity index (χ0v) is 10.1. The van der Waals surface area contributed by atoms with Gasteiger partial charge in [0.2, 0.25) is 0 Å². The van der Waals surface area contributed by atoms with Gasteiger partial charge in [-0.2, -0.15) is 0 Å². The molecule has 0 heterocycles. The molecule has 1 rings (SSSR count). The van der Waals surface area contributed by atoms with Crippen molar-refractivity contribution in [2.24, 2.45) is 5.73 Å². The van der Waals surface area contributed by atoms with E-state index in [4.69, 9.17) is 10.5 Å². The average Bonchev–Trinajstić information content (AvgIpc) is 2.17. The highest BCUT2D eigenvalue weighted by Gasteiger charge is 2.19. The van der Waals surface area contributed by atoms with Crippen LogP contribution in [0.2, 0.25) is 0 Å². The zero-order valence-electron chi connectivity index (χ0n) is 10.1. The van der Waals surface area contributed by atoms with E-state index in [0.29, 0.717) is 13.2 Å². The Balaban J connectivity index is 3.16. The van der Waals surface area contributed by atoms with Crippen molar-refractivity contribution in [3.05, 3.63) is 29.3 Å². The summed E-state index contributed by atoms with van der Waals surface area (Å²) in [4.78, 5) is 0. The summed E-state index contributed by atoms with van der Waals surface area (Å²) in [5, 5.41) is 0. The van der Waals surface area contributed by atoms with Crippen LogP contribution in [-0.2, 0) is 12.0 Å². The van der Waals surface area contributed by atoms with Crippen LogP contribution in [0.15, 0.2) is 18.2 Å². The van der Waals surface area contributed by atoms with Crippen LogP contribution in [0.3, 0.4) is 0 Å². The molecule has 0 aliphatic heterocycles. The van der Waals surface area contributed by atoms with E-state index in [1.165, 1.54) is 5.56 Å². The molecule has 15 heavy (non-hydrogen) atoms. The van der Waals surface area contributed by atoms with Crippen LogP contribution in [0.1, 0.15) is 38.8 Å². The highest BCUT2D eigenvalue weighted by atomic mass is 16.5. The molecule has 0 aliphatic carbocycles. The number of ether oxygens (including phenoxy) is 1. The van der Waals surface area contributed by atoms with E-state index in [0.717, 1.165) is 11.3 Å². The molecule has 0 amide bonds. The Labute approximate surface area is 92.4 Å². The van der Waals surface area contributed by atoms with Crippen LogP contribution in [0, 0.1) is 0 Å². The van der Waals surface area contributed by atoms with E-state index in [1.807, 2.05) is 19.1 Å². The van der Waals surface area contributed by atoms with Gasteiger partial charge >= 0.3 is 0 Å². The van der Waals surface area contributed by atoms with Crippen molar-refractivity contribution in [1.82, 2.24) is 0 Å². The molecule has 0 bridgehead atoms. The van der Waals surface area contributed by atoms with Crippen molar-refractivity contribution >= 4 is 0 Å². The third-order valence-corrected chi connectivity index (χ3v) is 2.39. The molecule has 0 atom stereocenters. The Kier molecular flexibility index (Phi) is 3.75. The minimum Gasteiger partial charge on any atom is -0.494 e. The van der Waals surface area contributed by atoms with E-state index >= 15 is 0 Å². The van der Waals surface area contributed by atoms with E-state index in [9.17, 15) is 0 Å². The summed E-state index contributed by atoms with van der Waals surface area (Å²) in [5.74, 6) is 0.974. The van der Waals surface area contributed by atoms with Gasteiger partial charge in [-0.3, -0.25) is 0 Å². The van der Waals surface area contributed by atoms with E-state index < -0.39 is 0 Å². The first-order valence-electron chi connectivity index (χ1n) is 5.45. The summed E-state index contributed by atoms with van der Waals surface area (Å²) in [6.45, 7) is 9.84. The first-order valence-corrected chi connectivity index (χ1v) is 5.45. The summed E-state index contributed by atoms with van der Waals surface area (Å²) in [5.41, 5.74) is 8.12. The Morgan fingerprint density at radius 1 is 1.27 bits per heavy atom. The Morgan fingerprint density at radius 3 is 2.40 bits per heavy atom. The van der Waals surface area contributed by atoms with Gasteiger partial charge in [-0.05, 0) is 29.5 Å². The van der Waals surface area contributed by atoms with Gasteiger partial charge in [-0.1, -0.05) is 32.9 Å². The second-order valence-electron chi connectivity index (χ2n) is 4.72. The quantitative estimate of drug-likeness (QED) is 0.827. The topological polar surface area (TPSA) is 35.2 Å². The van der Waals surface area contributed by atoms with Crippen molar-refractivity contribution in [3.8, 4) is 5.75 Å². The van der Waals surface area contributed by atoms with Gasteiger partial charge in [0, 0.05) is 6.54 Å². The third kappa shape index (κ3) is 2.96. The monoisotopic (exact) mass is 207 g/mol. The Bertz CT molecular complexity index is 326. The molecule has 2 nitrogen and oxygen atoms in total. The van der Waals surface area contributed by atoms with E-state index in [1.54, 1.807) is 0 Å². The van der Waals surface area contributed by atoms with Crippen LogP contribution in [0.5, 0.6) is 5.75 Å². The van der Waals surface area contributed by atoms with Crippen molar-refractivity contribution in [2.75, 3.05) is 6.61 Å². The second-order valence-corrected chi connectivity index (χ2v) is 4.72. The minimum atomic E-state index is 0.0929. The molecule has 1 aromatic carbocycles. The molecule has 84 valence electrons. The summed E-state index contributed by atoms with van der Waals surface area (Å²) >= 11 is 0. The maximum Gasteiger partial charge on any atom is 0.123 e. The third-order valence-electron chi connectivity index (χ3n) is 2.39. The van der Waals surface area contributed by atoms with Crippen molar-refractivity contribution in [1.29, 1.82) is 0 Å². The summed E-state index contributed by atoms with van der Waals surface area (Å²) < 4.78 is 5.62. The molecule has 0 saturated carbocycles. The van der Waals surface area contributed by atoms with Gasteiger partial charge in [0.1, 0.15) is 5.75 Å². The van der Waals surface area contributed by atoms with Crippen molar-refractivity contribution < 1.29 is 4.74 Å². The SMILES string of the molecule is CCOc1ccc(CN)cc1C(C)(C)C. The molecule has 0 spiro atoms. The largest absolute Gasteiger partial charge is 0.494 e. The lowest BCUT2D eigenvalue weighted by molar-refractivity contribution is 0.329. The van der Waals surface area contributed by atoms with Gasteiger partial charge in [0.25, 0.3) is 0 Å². The van der Waals surface area contributed by atoms with E-state index in [-0.39, 0.29) is 5.41 Å². The molecule has 0 aliphatic rings. The Morgan fingerprint density at radius 2 is 1.93 bits per heavy atom. The smallest absolute Gasteiger partial charge is 0.123 e. The predicted octanol–water partition coefficient (Wildman–Crippen LogP) is 2.84. The zero-order chi connectivity index (χ0) is 11.5. The van der Waals surface area contributed by atoms with Crippen LogP contribution < -0.4 is 10.5 Å². The lowest BCUT2D eigenvalue weighted by Crippen LogP contribution is -2.14. The van der Waals surface area contributed by atoms with Crippen LogP contribution in [0.4, 0.5) is 0 Å². The Hall–Kier alpha value is -1.02. The van der Waals surface area contributed by atoms with Gasteiger partial charge in [-0.15, -0.1) is 0 Å². The number of hydrogen-bond donors (Lipinski definition) is 1. The second kappa shape index (κ2) is 4.67. The van der Waals surface area contributed by atoms with Gasteiger partial charge in [0.05, 0.1) is 6.61 Å². The molecule has 0 aromatic heterocycles. The number of hydrogen-bond acceptors (Lipinski definition) is 2. The summed E-state index contributed by atoms with van der Waals surface area (Å²) in [6, 6.07) is 6.19. The molecule has 0 radical (unpaired) electrons. The maximum atomic E-state index is 5.65. The molecule has 0 unspecified atom stereocenters. The molecule has 1 aromatic rings. The standard InChI is InChI=1S/C13H21NO/c1-5-15-12-7-6-10(9-14)8-11(12)13(2,3)4/h6-8H,5,9,14H2,1-4H3. The van der Waals surface area contributed by atoms with E-state index in [2.05, 4.69) is 26.8 Å². The first kappa shape index (κ1) is 12.1. The molecular formula is C13H21NO. The number of benzene rings is 1. The van der Waals surface area contributed by atoms with Crippen molar-refractivity contribution in [3.63, 3.8) is 0 Å². The van der Waals surface area contributed by atoms with Crippen LogP contribution in [0.25, 0.3) is 0 Å². The van der Waals surface area contributed by atoms with Gasteiger partial charge in [-0.25, -0.2) is 0 Å². The normalized spacial score (nSPS) is 11.5. The predicted molar refractivity (Wildman–Crippen MR) is 64.2 cm³/mol. The van der Waals surface area contributed by atoms with Gasteiger partial charge in [0.15, 0.2) is 0 Å². The summed E-state index contributed by atoms with van der Waals surface area (Å²) in [7, 11) is 0. The van der Waals surface area contributed by atoms with Crippen LogP contribution >= 0.6 is 0 Å². The lowest BCUT2D eigenvalue weighted by atomic mass is 9.85. The molecule has 0 saturated heterocycles. The van der Waals surface area contributed by atoms with Gasteiger partial charge < -0.3 is 10.5 Å². The molecule has 2 N–H and O–H groups in total. The molecule has 0 fully saturated rings. The number of rotatable bonds is 3. The fourth-order valence-electron chi connectivity index (χ4n) is 1.57. The van der Waals surface area contributed by atoms with Crippen molar-refractivity contribution in [2.45, 2.75) is 39.7 Å². The first-order chi connectivity index (χ1) is 6.99.